The Morgan fingerprint density at radius 3 is 2.29 bits per heavy atom. The lowest BCUT2D eigenvalue weighted by molar-refractivity contribution is 0.716. The molecule has 1 heteroatoms. The van der Waals surface area contributed by atoms with Crippen LogP contribution in [0, 0.1) is 0 Å². The largest absolute Gasteiger partial charge is 0.0907 e. The normalized spacial score (nSPS) is 14.1. The Labute approximate surface area is 51.7 Å². The van der Waals surface area contributed by atoms with E-state index in [1.165, 1.54) is 19.3 Å². The molecule has 43 valence electrons. The van der Waals surface area contributed by atoms with E-state index in [0.717, 1.165) is 0 Å². The molecule has 0 aliphatic rings. The van der Waals surface area contributed by atoms with Crippen LogP contribution in [0.4, 0.5) is 0 Å². The Balaban J connectivity index is 2.68. The van der Waals surface area contributed by atoms with Crippen molar-refractivity contribution in [2.75, 3.05) is 0 Å². The lowest BCUT2D eigenvalue weighted by Gasteiger charge is -1.96. The van der Waals surface area contributed by atoms with Gasteiger partial charge in [-0.1, -0.05) is 39.3 Å². The quantitative estimate of drug-likeness (QED) is 0.533. The van der Waals surface area contributed by atoms with E-state index in [0.29, 0.717) is 5.25 Å². The molecule has 0 heterocycles. The molecule has 0 aliphatic carbocycles. The molecule has 7 heavy (non-hydrogen) atoms. The lowest BCUT2D eigenvalue weighted by Crippen LogP contribution is -1.87. The molecule has 1 atom stereocenters. The lowest BCUT2D eigenvalue weighted by atomic mass is 10.2. The first kappa shape index (κ1) is 7.35. The highest BCUT2D eigenvalue weighted by Gasteiger charge is 1.90. The van der Waals surface area contributed by atoms with E-state index in [-0.39, 0.29) is 0 Å². The van der Waals surface area contributed by atoms with Crippen molar-refractivity contribution in [1.82, 2.24) is 0 Å². The molecule has 0 fully saturated rings. The molecule has 0 rings (SSSR count). The van der Waals surface area contributed by atoms with E-state index in [9.17, 15) is 0 Å². The fourth-order valence-electron chi connectivity index (χ4n) is 0.492. The van der Waals surface area contributed by atoms with Crippen molar-refractivity contribution >= 4 is 12.6 Å². The molecule has 0 saturated carbocycles. The highest BCUT2D eigenvalue weighted by atomic mass is 32.1. The summed E-state index contributed by atoms with van der Waals surface area (Å²) in [7, 11) is 0. The Morgan fingerprint density at radius 2 is 2.14 bits per heavy atom. The second-order valence-electron chi connectivity index (χ2n) is 1.95. The average Bonchev–Trinajstić information content (AvgIpc) is 1.61. The Bertz CT molecular complexity index is 33.2. The van der Waals surface area contributed by atoms with Crippen LogP contribution in [0.15, 0.2) is 0 Å². The van der Waals surface area contributed by atoms with Gasteiger partial charge in [0.1, 0.15) is 0 Å². The van der Waals surface area contributed by atoms with Crippen LogP contribution in [-0.4, -0.2) is 5.25 Å². The molecule has 0 aliphatic heterocycles. The van der Waals surface area contributed by atoms with Crippen molar-refractivity contribution in [3.05, 3.63) is 0 Å². The minimum absolute atomic E-state index is 0.486. The maximum absolute atomic E-state index is 4.94. The molecule has 0 nitrogen and oxygen atoms in total. The monoisotopic (exact) mass is 117 g/mol. The smallest absolute Gasteiger partial charge is 0.0123 e. The van der Waals surface area contributed by atoms with Crippen molar-refractivity contribution in [3.63, 3.8) is 0 Å². The zero-order chi connectivity index (χ0) is 5.70. The molecule has 1 unspecified atom stereocenters. The third-order valence-electron chi connectivity index (χ3n) is 0.964. The molecular formula is C6H13S. The molecule has 0 amide bonds. The Morgan fingerprint density at radius 1 is 1.57 bits per heavy atom. The van der Waals surface area contributed by atoms with Crippen molar-refractivity contribution in [2.45, 2.75) is 38.4 Å². The van der Waals surface area contributed by atoms with E-state index >= 15 is 0 Å². The van der Waals surface area contributed by atoms with Gasteiger partial charge in [0.15, 0.2) is 0 Å². The van der Waals surface area contributed by atoms with Gasteiger partial charge in [-0.25, -0.2) is 0 Å². The topological polar surface area (TPSA) is 0 Å². The Hall–Kier alpha value is 0.350. The second kappa shape index (κ2) is 4.51. The van der Waals surface area contributed by atoms with Gasteiger partial charge >= 0.3 is 0 Å². The van der Waals surface area contributed by atoms with E-state index < -0.39 is 0 Å². The summed E-state index contributed by atoms with van der Waals surface area (Å²) < 4.78 is 0. The van der Waals surface area contributed by atoms with Crippen molar-refractivity contribution in [2.24, 2.45) is 0 Å². The average molecular weight is 117 g/mol. The molecule has 0 aromatic heterocycles. The van der Waals surface area contributed by atoms with Gasteiger partial charge in [0.25, 0.3) is 0 Å². The van der Waals surface area contributed by atoms with Gasteiger partial charge in [-0.15, -0.1) is 0 Å². The van der Waals surface area contributed by atoms with E-state index in [1.54, 1.807) is 0 Å². The van der Waals surface area contributed by atoms with Crippen LogP contribution in [0.1, 0.15) is 33.1 Å². The first-order chi connectivity index (χ1) is 3.27. The van der Waals surface area contributed by atoms with Crippen LogP contribution in [0.2, 0.25) is 0 Å². The van der Waals surface area contributed by atoms with Gasteiger partial charge < -0.3 is 0 Å². The predicted molar refractivity (Wildman–Crippen MR) is 36.6 cm³/mol. The summed E-state index contributed by atoms with van der Waals surface area (Å²) >= 11 is 4.94. The van der Waals surface area contributed by atoms with Gasteiger partial charge in [-0.05, 0) is 6.42 Å². The predicted octanol–water partition coefficient (Wildman–Crippen LogP) is 2.76. The van der Waals surface area contributed by atoms with E-state index in [2.05, 4.69) is 13.8 Å². The van der Waals surface area contributed by atoms with Crippen LogP contribution in [0.5, 0.6) is 0 Å². The summed E-state index contributed by atoms with van der Waals surface area (Å²) in [5.74, 6) is 0. The number of rotatable bonds is 3. The van der Waals surface area contributed by atoms with E-state index in [1.807, 2.05) is 0 Å². The summed E-state index contributed by atoms with van der Waals surface area (Å²) in [6, 6.07) is 0. The minimum Gasteiger partial charge on any atom is -0.0907 e. The first-order valence-electron chi connectivity index (χ1n) is 2.93. The number of hydrogen-bond donors (Lipinski definition) is 0. The molecule has 0 aromatic carbocycles. The van der Waals surface area contributed by atoms with Crippen LogP contribution >= 0.6 is 12.6 Å². The fraction of sp³-hybridized carbons (Fsp3) is 1.00. The summed E-state index contributed by atoms with van der Waals surface area (Å²) in [5.41, 5.74) is 0. The van der Waals surface area contributed by atoms with Crippen molar-refractivity contribution in [1.29, 1.82) is 0 Å². The van der Waals surface area contributed by atoms with Gasteiger partial charge in [-0.2, -0.15) is 0 Å². The standard InChI is InChI=1S/C6H13S/c1-3-4-5-6(2)7/h6H,3-5H2,1-2H3. The van der Waals surface area contributed by atoms with Gasteiger partial charge in [0, 0.05) is 5.25 Å². The summed E-state index contributed by atoms with van der Waals surface area (Å²) in [5, 5.41) is 0.486. The molecular weight excluding hydrogens is 104 g/mol. The van der Waals surface area contributed by atoms with Gasteiger partial charge in [0.2, 0.25) is 0 Å². The highest BCUT2D eigenvalue weighted by Crippen LogP contribution is 2.03. The summed E-state index contributed by atoms with van der Waals surface area (Å²) in [6.07, 6.45) is 3.79. The van der Waals surface area contributed by atoms with Gasteiger partial charge in [0.05, 0.1) is 0 Å². The number of hydrogen-bond acceptors (Lipinski definition) is 0. The molecule has 0 bridgehead atoms. The molecule has 1 radical (unpaired) electrons. The highest BCUT2D eigenvalue weighted by molar-refractivity contribution is 7.80. The van der Waals surface area contributed by atoms with Crippen LogP contribution in [0.3, 0.4) is 0 Å². The molecule has 0 spiro atoms. The molecule has 0 aromatic rings. The SMILES string of the molecule is CCCCC(C)[S]. The number of unbranched alkanes of at least 4 members (excludes halogenated alkanes) is 1. The van der Waals surface area contributed by atoms with Crippen LogP contribution in [-0.2, 0) is 0 Å². The first-order valence-corrected chi connectivity index (χ1v) is 3.40. The third-order valence-corrected chi connectivity index (χ3v) is 1.20. The zero-order valence-corrected chi connectivity index (χ0v) is 5.92. The summed E-state index contributed by atoms with van der Waals surface area (Å²) in [4.78, 5) is 0. The van der Waals surface area contributed by atoms with Crippen molar-refractivity contribution in [3.8, 4) is 0 Å². The minimum atomic E-state index is 0.486. The molecule has 0 N–H and O–H groups in total. The zero-order valence-electron chi connectivity index (χ0n) is 5.11. The van der Waals surface area contributed by atoms with Gasteiger partial charge in [-0.3, -0.25) is 0 Å². The van der Waals surface area contributed by atoms with Crippen molar-refractivity contribution < 1.29 is 0 Å². The third kappa shape index (κ3) is 6.35. The fourth-order valence-corrected chi connectivity index (χ4v) is 0.658. The summed E-state index contributed by atoms with van der Waals surface area (Å²) in [6.45, 7) is 4.28. The van der Waals surface area contributed by atoms with E-state index in [4.69, 9.17) is 12.6 Å². The second-order valence-corrected chi connectivity index (χ2v) is 2.76. The maximum atomic E-state index is 4.94. The Kier molecular flexibility index (Phi) is 4.73. The van der Waals surface area contributed by atoms with Crippen LogP contribution in [0.25, 0.3) is 0 Å². The molecule has 0 saturated heterocycles. The maximum Gasteiger partial charge on any atom is 0.0123 e. The van der Waals surface area contributed by atoms with Crippen LogP contribution < -0.4 is 0 Å².